The zero-order valence-electron chi connectivity index (χ0n) is 10.7. The molecule has 6 heteroatoms. The molecule has 1 aromatic rings. The lowest BCUT2D eigenvalue weighted by molar-refractivity contribution is -0.147. The van der Waals surface area contributed by atoms with Crippen LogP contribution in [0.5, 0.6) is 17.2 Å². The normalized spacial score (nSPS) is 16.6. The molecule has 2 rings (SSSR count). The van der Waals surface area contributed by atoms with Crippen molar-refractivity contribution in [2.75, 3.05) is 14.2 Å². The predicted molar refractivity (Wildman–Crippen MR) is 72.1 cm³/mol. The van der Waals surface area contributed by atoms with Gasteiger partial charge in [-0.1, -0.05) is 6.42 Å². The van der Waals surface area contributed by atoms with Crippen molar-refractivity contribution >= 4 is 21.9 Å². The molecule has 1 aliphatic rings. The van der Waals surface area contributed by atoms with Crippen LogP contribution in [0.15, 0.2) is 10.5 Å². The molecule has 0 radical (unpaired) electrons. The molecule has 1 aromatic carbocycles. The van der Waals surface area contributed by atoms with Gasteiger partial charge in [0.1, 0.15) is 10.2 Å². The molecule has 0 spiro atoms. The fraction of sp³-hybridized carbons (Fsp3) is 0.462. The van der Waals surface area contributed by atoms with Gasteiger partial charge in [0.05, 0.1) is 19.6 Å². The van der Waals surface area contributed by atoms with Gasteiger partial charge in [0.15, 0.2) is 11.5 Å². The number of carbonyl (C=O) groups is 1. The molecule has 19 heavy (non-hydrogen) atoms. The monoisotopic (exact) mass is 330 g/mol. The van der Waals surface area contributed by atoms with Crippen LogP contribution in [0.2, 0.25) is 0 Å². The number of rotatable bonds is 4. The first kappa shape index (κ1) is 14.0. The second-order valence-electron chi connectivity index (χ2n) is 4.56. The zero-order valence-corrected chi connectivity index (χ0v) is 12.3. The van der Waals surface area contributed by atoms with Crippen molar-refractivity contribution in [3.63, 3.8) is 0 Å². The lowest BCUT2D eigenvalue weighted by atomic mass is 9.64. The van der Waals surface area contributed by atoms with E-state index in [-0.39, 0.29) is 5.75 Å². The van der Waals surface area contributed by atoms with Crippen molar-refractivity contribution in [1.82, 2.24) is 0 Å². The van der Waals surface area contributed by atoms with Gasteiger partial charge in [-0.15, -0.1) is 0 Å². The molecule has 0 aliphatic heterocycles. The molecule has 0 atom stereocenters. The van der Waals surface area contributed by atoms with E-state index in [4.69, 9.17) is 9.47 Å². The Kier molecular flexibility index (Phi) is 3.62. The number of carboxylic acids is 1. The Labute approximate surface area is 119 Å². The second-order valence-corrected chi connectivity index (χ2v) is 5.36. The zero-order chi connectivity index (χ0) is 14.2. The lowest BCUT2D eigenvalue weighted by Gasteiger charge is -2.38. The van der Waals surface area contributed by atoms with Gasteiger partial charge >= 0.3 is 5.97 Å². The molecule has 5 nitrogen and oxygen atoms in total. The number of phenols is 1. The standard InChI is InChI=1S/C13H15BrO5/c1-18-8-6-7(10(15)9(14)11(8)19-2)13(12(16)17)4-3-5-13/h6,15H,3-5H2,1-2H3,(H,16,17). The summed E-state index contributed by atoms with van der Waals surface area (Å²) < 4.78 is 10.7. The average Bonchev–Trinajstić information content (AvgIpc) is 2.32. The lowest BCUT2D eigenvalue weighted by Crippen LogP contribution is -2.42. The summed E-state index contributed by atoms with van der Waals surface area (Å²) in [5.41, 5.74) is -0.651. The number of aromatic hydroxyl groups is 1. The van der Waals surface area contributed by atoms with Crippen LogP contribution in [0.4, 0.5) is 0 Å². The number of phenolic OH excluding ortho intramolecular Hbond substituents is 1. The third kappa shape index (κ3) is 1.94. The number of halogens is 1. The largest absolute Gasteiger partial charge is 0.506 e. The first-order valence-corrected chi connectivity index (χ1v) is 6.64. The van der Waals surface area contributed by atoms with Crippen LogP contribution in [-0.2, 0) is 10.2 Å². The Morgan fingerprint density at radius 3 is 2.37 bits per heavy atom. The van der Waals surface area contributed by atoms with E-state index in [1.807, 2.05) is 0 Å². The van der Waals surface area contributed by atoms with Crippen molar-refractivity contribution in [3.05, 3.63) is 16.1 Å². The van der Waals surface area contributed by atoms with E-state index in [0.717, 1.165) is 6.42 Å². The molecule has 2 N–H and O–H groups in total. The smallest absolute Gasteiger partial charge is 0.314 e. The van der Waals surface area contributed by atoms with Gasteiger partial charge in [0.2, 0.25) is 0 Å². The maximum absolute atomic E-state index is 11.5. The maximum atomic E-state index is 11.5. The first-order chi connectivity index (χ1) is 8.97. The van der Waals surface area contributed by atoms with Crippen LogP contribution < -0.4 is 9.47 Å². The third-order valence-electron chi connectivity index (χ3n) is 3.72. The number of ether oxygens (including phenoxy) is 2. The van der Waals surface area contributed by atoms with Gasteiger partial charge in [0.25, 0.3) is 0 Å². The van der Waals surface area contributed by atoms with Crippen LogP contribution >= 0.6 is 15.9 Å². The summed E-state index contributed by atoms with van der Waals surface area (Å²) in [5.74, 6) is -0.272. The fourth-order valence-corrected chi connectivity index (χ4v) is 3.01. The van der Waals surface area contributed by atoms with Gasteiger partial charge in [-0.25, -0.2) is 0 Å². The summed E-state index contributed by atoms with van der Waals surface area (Å²) in [5, 5.41) is 19.7. The molecule has 0 unspecified atom stereocenters. The minimum absolute atomic E-state index is 0.0975. The molecular formula is C13H15BrO5. The molecule has 0 amide bonds. The summed E-state index contributed by atoms with van der Waals surface area (Å²) in [4.78, 5) is 11.5. The summed E-state index contributed by atoms with van der Waals surface area (Å²) in [6.45, 7) is 0. The number of carboxylic acid groups (broad SMARTS) is 1. The number of aliphatic carboxylic acids is 1. The fourth-order valence-electron chi connectivity index (χ4n) is 2.43. The van der Waals surface area contributed by atoms with Crippen LogP contribution in [0.1, 0.15) is 24.8 Å². The number of hydrogen-bond donors (Lipinski definition) is 2. The summed E-state index contributed by atoms with van der Waals surface area (Å²) in [7, 11) is 2.93. The predicted octanol–water partition coefficient (Wildman–Crippen LogP) is 2.68. The topological polar surface area (TPSA) is 76.0 Å². The van der Waals surface area contributed by atoms with Crippen LogP contribution in [0, 0.1) is 0 Å². The number of benzene rings is 1. The van der Waals surface area contributed by atoms with Crippen molar-refractivity contribution in [2.45, 2.75) is 24.7 Å². The Bertz CT molecular complexity index is 522. The van der Waals surface area contributed by atoms with E-state index >= 15 is 0 Å². The van der Waals surface area contributed by atoms with E-state index in [0.29, 0.717) is 34.4 Å². The highest BCUT2D eigenvalue weighted by molar-refractivity contribution is 9.10. The summed E-state index contributed by atoms with van der Waals surface area (Å²) in [6, 6.07) is 1.55. The van der Waals surface area contributed by atoms with E-state index in [9.17, 15) is 15.0 Å². The summed E-state index contributed by atoms with van der Waals surface area (Å²) in [6.07, 6.45) is 1.85. The second kappa shape index (κ2) is 4.92. The van der Waals surface area contributed by atoms with Crippen molar-refractivity contribution in [2.24, 2.45) is 0 Å². The maximum Gasteiger partial charge on any atom is 0.314 e. The van der Waals surface area contributed by atoms with Gasteiger partial charge in [-0.2, -0.15) is 0 Å². The van der Waals surface area contributed by atoms with Crippen molar-refractivity contribution in [3.8, 4) is 17.2 Å². The first-order valence-electron chi connectivity index (χ1n) is 5.85. The quantitative estimate of drug-likeness (QED) is 0.887. The Morgan fingerprint density at radius 2 is 2.00 bits per heavy atom. The molecule has 0 saturated heterocycles. The van der Waals surface area contributed by atoms with Gasteiger partial charge in [-0.3, -0.25) is 4.79 Å². The number of hydrogen-bond acceptors (Lipinski definition) is 4. The average molecular weight is 331 g/mol. The molecule has 104 valence electrons. The summed E-state index contributed by atoms with van der Waals surface area (Å²) >= 11 is 3.23. The molecular weight excluding hydrogens is 316 g/mol. The van der Waals surface area contributed by atoms with E-state index in [1.165, 1.54) is 14.2 Å². The van der Waals surface area contributed by atoms with Crippen LogP contribution in [0.25, 0.3) is 0 Å². The third-order valence-corrected chi connectivity index (χ3v) is 4.45. The van der Waals surface area contributed by atoms with Crippen LogP contribution in [0.3, 0.4) is 0 Å². The van der Waals surface area contributed by atoms with Crippen molar-refractivity contribution in [1.29, 1.82) is 0 Å². The Hall–Kier alpha value is -1.43. The van der Waals surface area contributed by atoms with Gasteiger partial charge in [0, 0.05) is 5.56 Å². The van der Waals surface area contributed by atoms with Gasteiger partial charge in [-0.05, 0) is 34.8 Å². The molecule has 0 bridgehead atoms. The molecule has 1 fully saturated rings. The Morgan fingerprint density at radius 1 is 1.37 bits per heavy atom. The SMILES string of the molecule is COc1cc(C2(C(=O)O)CCC2)c(O)c(Br)c1OC. The van der Waals surface area contributed by atoms with E-state index in [1.54, 1.807) is 6.07 Å². The minimum Gasteiger partial charge on any atom is -0.506 e. The molecule has 0 heterocycles. The van der Waals surface area contributed by atoms with Crippen molar-refractivity contribution < 1.29 is 24.5 Å². The van der Waals surface area contributed by atoms with E-state index in [2.05, 4.69) is 15.9 Å². The molecule has 0 aromatic heterocycles. The highest BCUT2D eigenvalue weighted by Gasteiger charge is 2.48. The highest BCUT2D eigenvalue weighted by Crippen LogP contribution is 2.53. The minimum atomic E-state index is -1.02. The molecule has 1 aliphatic carbocycles. The van der Waals surface area contributed by atoms with Crippen LogP contribution in [-0.4, -0.2) is 30.4 Å². The van der Waals surface area contributed by atoms with E-state index < -0.39 is 11.4 Å². The molecule has 1 saturated carbocycles. The number of methoxy groups -OCH3 is 2. The highest BCUT2D eigenvalue weighted by atomic mass is 79.9. The van der Waals surface area contributed by atoms with Gasteiger partial charge < -0.3 is 19.7 Å². The Balaban J connectivity index is 2.65.